The fourth-order valence-electron chi connectivity index (χ4n) is 3.01. The largest absolute Gasteiger partial charge is 0.369 e. The summed E-state index contributed by atoms with van der Waals surface area (Å²) < 4.78 is 0. The topological polar surface area (TPSA) is 78.7 Å². The van der Waals surface area contributed by atoms with Gasteiger partial charge in [-0.05, 0) is 27.2 Å². The van der Waals surface area contributed by atoms with Crippen molar-refractivity contribution in [2.75, 3.05) is 26.2 Å². The summed E-state index contributed by atoms with van der Waals surface area (Å²) in [5, 5.41) is 2.98. The molecule has 3 saturated heterocycles. The van der Waals surface area contributed by atoms with E-state index >= 15 is 0 Å². The van der Waals surface area contributed by atoms with Crippen LogP contribution in [0.5, 0.6) is 0 Å². The van der Waals surface area contributed by atoms with E-state index in [4.69, 9.17) is 5.73 Å². The number of hydrogen-bond acceptors (Lipinski definition) is 4. The molecule has 6 heteroatoms. The summed E-state index contributed by atoms with van der Waals surface area (Å²) in [4.78, 5) is 27.1. The minimum atomic E-state index is -0.279. The lowest BCUT2D eigenvalue weighted by molar-refractivity contribution is -0.135. The van der Waals surface area contributed by atoms with Crippen LogP contribution in [-0.2, 0) is 9.59 Å². The number of carbonyl (C=O) groups is 2. The highest BCUT2D eigenvalue weighted by atomic mass is 16.2. The van der Waals surface area contributed by atoms with E-state index in [9.17, 15) is 9.59 Å². The third-order valence-corrected chi connectivity index (χ3v) is 3.64. The van der Waals surface area contributed by atoms with Crippen LogP contribution in [0.15, 0.2) is 0 Å². The molecule has 0 spiro atoms. The van der Waals surface area contributed by atoms with E-state index in [2.05, 4.69) is 15.1 Å². The van der Waals surface area contributed by atoms with Crippen LogP contribution in [0.2, 0.25) is 0 Å². The molecule has 0 aromatic carbocycles. The number of carbonyl (C=O) groups excluding carboxylic acids is 2. The van der Waals surface area contributed by atoms with E-state index in [1.54, 1.807) is 0 Å². The van der Waals surface area contributed by atoms with Gasteiger partial charge in [0.1, 0.15) is 0 Å². The normalized spacial score (nSPS) is 27.7. The number of hydrogen-bond donors (Lipinski definition) is 2. The van der Waals surface area contributed by atoms with Crippen molar-refractivity contribution >= 4 is 11.8 Å². The Kier molecular flexibility index (Phi) is 3.82. The summed E-state index contributed by atoms with van der Waals surface area (Å²) >= 11 is 0. The second-order valence-electron chi connectivity index (χ2n) is 6.67. The average Bonchev–Trinajstić information content (AvgIpc) is 2.22. The molecule has 6 nitrogen and oxygen atoms in total. The van der Waals surface area contributed by atoms with Gasteiger partial charge in [0.05, 0.1) is 13.1 Å². The third-order valence-electron chi connectivity index (χ3n) is 3.64. The van der Waals surface area contributed by atoms with Gasteiger partial charge in [-0.3, -0.25) is 19.4 Å². The average molecular weight is 268 g/mol. The predicted molar refractivity (Wildman–Crippen MR) is 72.4 cm³/mol. The molecule has 3 N–H and O–H groups in total. The van der Waals surface area contributed by atoms with Crippen molar-refractivity contribution in [3.8, 4) is 0 Å². The molecule has 3 rings (SSSR count). The van der Waals surface area contributed by atoms with Gasteiger partial charge in [-0.2, -0.15) is 0 Å². The summed E-state index contributed by atoms with van der Waals surface area (Å²) in [5.74, 6) is -0.205. The van der Waals surface area contributed by atoms with Crippen molar-refractivity contribution in [2.24, 2.45) is 5.73 Å². The highest BCUT2D eigenvalue weighted by Gasteiger charge is 2.45. The lowest BCUT2D eigenvalue weighted by Crippen LogP contribution is -2.70. The molecular weight excluding hydrogens is 244 g/mol. The molecule has 3 fully saturated rings. The fourth-order valence-corrected chi connectivity index (χ4v) is 3.01. The number of fused-ring (bicyclic) bond motifs is 2. The van der Waals surface area contributed by atoms with Gasteiger partial charge < -0.3 is 11.1 Å². The summed E-state index contributed by atoms with van der Waals surface area (Å²) in [5.41, 5.74) is 5.02. The van der Waals surface area contributed by atoms with Gasteiger partial charge in [-0.1, -0.05) is 0 Å². The number of nitrogens with one attached hydrogen (secondary N) is 1. The Morgan fingerprint density at radius 3 is 2.26 bits per heavy atom. The van der Waals surface area contributed by atoms with Gasteiger partial charge in [0.2, 0.25) is 11.8 Å². The van der Waals surface area contributed by atoms with Crippen molar-refractivity contribution in [2.45, 2.75) is 44.8 Å². The van der Waals surface area contributed by atoms with E-state index in [1.807, 2.05) is 20.8 Å². The van der Waals surface area contributed by atoms with Gasteiger partial charge >= 0.3 is 0 Å². The first kappa shape index (κ1) is 14.3. The predicted octanol–water partition coefficient (Wildman–Crippen LogP) is -0.855. The maximum absolute atomic E-state index is 11.9. The van der Waals surface area contributed by atoms with Crippen molar-refractivity contribution in [3.05, 3.63) is 0 Å². The van der Waals surface area contributed by atoms with Crippen molar-refractivity contribution in [1.82, 2.24) is 15.1 Å². The number of piperidine rings is 1. The minimum absolute atomic E-state index is 0.0746. The Morgan fingerprint density at radius 1 is 1.21 bits per heavy atom. The molecule has 19 heavy (non-hydrogen) atoms. The standard InChI is InChI=1S/C13H24N4O2/c1-13(2,3)15-12(19)8-17-9-4-10(17)6-16(5-9)7-11(14)18/h9-10H,4-8H2,1-3H3,(H2,14,18)(H,15,19). The van der Waals surface area contributed by atoms with Crippen LogP contribution in [-0.4, -0.2) is 65.4 Å². The zero-order valence-corrected chi connectivity index (χ0v) is 12.0. The SMILES string of the molecule is CC(C)(C)NC(=O)CN1C2CC1CN(CC(N)=O)C2. The lowest BCUT2D eigenvalue weighted by Gasteiger charge is -2.56. The summed E-state index contributed by atoms with van der Waals surface area (Å²) in [6, 6.07) is 0.785. The van der Waals surface area contributed by atoms with E-state index in [0.29, 0.717) is 25.2 Å². The molecule has 2 amide bonds. The molecule has 0 aromatic rings. The molecule has 0 saturated carbocycles. The van der Waals surface area contributed by atoms with Crippen molar-refractivity contribution in [3.63, 3.8) is 0 Å². The smallest absolute Gasteiger partial charge is 0.234 e. The second kappa shape index (κ2) is 5.09. The molecular formula is C13H24N4O2. The number of piperazine rings is 1. The molecule has 2 atom stereocenters. The summed E-state index contributed by atoms with van der Waals surface area (Å²) in [7, 11) is 0. The molecule has 3 aliphatic rings. The van der Waals surface area contributed by atoms with Gasteiger partial charge in [-0.15, -0.1) is 0 Å². The van der Waals surface area contributed by atoms with Gasteiger partial charge in [0.25, 0.3) is 0 Å². The van der Waals surface area contributed by atoms with Crippen molar-refractivity contribution < 1.29 is 9.59 Å². The van der Waals surface area contributed by atoms with Crippen LogP contribution in [0.25, 0.3) is 0 Å². The maximum Gasteiger partial charge on any atom is 0.234 e. The quantitative estimate of drug-likeness (QED) is 0.696. The Bertz CT molecular complexity index is 365. The Balaban J connectivity index is 1.80. The highest BCUT2D eigenvalue weighted by Crippen LogP contribution is 2.31. The molecule has 2 bridgehead atoms. The molecule has 0 radical (unpaired) electrons. The molecule has 108 valence electrons. The van der Waals surface area contributed by atoms with Gasteiger partial charge in [-0.25, -0.2) is 0 Å². The summed E-state index contributed by atoms with van der Waals surface area (Å²) in [6.45, 7) is 8.40. The Labute approximate surface area is 114 Å². The van der Waals surface area contributed by atoms with Crippen LogP contribution in [0, 0.1) is 0 Å². The zero-order chi connectivity index (χ0) is 14.2. The monoisotopic (exact) mass is 268 g/mol. The van der Waals surface area contributed by atoms with Gasteiger partial charge in [0, 0.05) is 30.7 Å². The number of rotatable bonds is 4. The van der Waals surface area contributed by atoms with E-state index in [0.717, 1.165) is 19.5 Å². The molecule has 2 unspecified atom stereocenters. The zero-order valence-electron chi connectivity index (χ0n) is 12.0. The molecule has 3 aliphatic heterocycles. The van der Waals surface area contributed by atoms with E-state index < -0.39 is 0 Å². The number of amides is 2. The number of primary amides is 1. The first-order valence-corrected chi connectivity index (χ1v) is 6.82. The summed E-state index contributed by atoms with van der Waals surface area (Å²) in [6.07, 6.45) is 1.12. The van der Waals surface area contributed by atoms with E-state index in [1.165, 1.54) is 0 Å². The first-order chi connectivity index (χ1) is 8.74. The van der Waals surface area contributed by atoms with Crippen LogP contribution in [0.1, 0.15) is 27.2 Å². The molecule has 0 aliphatic carbocycles. The first-order valence-electron chi connectivity index (χ1n) is 6.82. The minimum Gasteiger partial charge on any atom is -0.369 e. The molecule has 3 heterocycles. The van der Waals surface area contributed by atoms with Crippen LogP contribution in [0.3, 0.4) is 0 Å². The number of nitrogens with two attached hydrogens (primary N) is 1. The van der Waals surface area contributed by atoms with E-state index in [-0.39, 0.29) is 17.4 Å². The fraction of sp³-hybridized carbons (Fsp3) is 0.846. The molecule has 0 aromatic heterocycles. The van der Waals surface area contributed by atoms with Crippen molar-refractivity contribution in [1.29, 1.82) is 0 Å². The third kappa shape index (κ3) is 3.67. The van der Waals surface area contributed by atoms with Gasteiger partial charge in [0.15, 0.2) is 0 Å². The number of nitrogens with zero attached hydrogens (tertiary/aromatic N) is 2. The maximum atomic E-state index is 11.9. The van der Waals surface area contributed by atoms with Crippen LogP contribution in [0.4, 0.5) is 0 Å². The highest BCUT2D eigenvalue weighted by molar-refractivity contribution is 5.79. The van der Waals surface area contributed by atoms with Crippen LogP contribution >= 0.6 is 0 Å². The second-order valence-corrected chi connectivity index (χ2v) is 6.67. The Hall–Kier alpha value is -1.14. The van der Waals surface area contributed by atoms with Crippen LogP contribution < -0.4 is 11.1 Å². The lowest BCUT2D eigenvalue weighted by atomic mass is 9.87. The Morgan fingerprint density at radius 2 is 1.79 bits per heavy atom.